The second-order valence-electron chi connectivity index (χ2n) is 3.76. The number of nitrogens with zero attached hydrogens (tertiary/aromatic N) is 1. The van der Waals surface area contributed by atoms with Gasteiger partial charge < -0.3 is 5.32 Å². The highest BCUT2D eigenvalue weighted by atomic mass is 32.2. The maximum absolute atomic E-state index is 4.01. The number of hydrogen-bond donors (Lipinski definition) is 1. The van der Waals surface area contributed by atoms with Crippen LogP contribution in [0.4, 0.5) is 5.69 Å². The quantitative estimate of drug-likeness (QED) is 0.815. The summed E-state index contributed by atoms with van der Waals surface area (Å²) in [6.07, 6.45) is 6.79. The van der Waals surface area contributed by atoms with E-state index in [1.807, 2.05) is 12.4 Å². The lowest BCUT2D eigenvalue weighted by Gasteiger charge is -2.07. The van der Waals surface area contributed by atoms with Crippen LogP contribution >= 0.6 is 11.8 Å². The first kappa shape index (κ1) is 12.0. The van der Waals surface area contributed by atoms with Gasteiger partial charge in [-0.15, -0.1) is 11.8 Å². The zero-order valence-electron chi connectivity index (χ0n) is 9.89. The van der Waals surface area contributed by atoms with E-state index in [4.69, 9.17) is 0 Å². The van der Waals surface area contributed by atoms with Crippen molar-refractivity contribution in [1.29, 1.82) is 0 Å². The summed E-state index contributed by atoms with van der Waals surface area (Å²) in [7, 11) is 0. The van der Waals surface area contributed by atoms with E-state index in [9.17, 15) is 0 Å². The first-order valence-electron chi connectivity index (χ1n) is 5.65. The number of pyridine rings is 1. The molecule has 0 saturated carbocycles. The Kier molecular flexibility index (Phi) is 4.45. The van der Waals surface area contributed by atoms with Crippen molar-refractivity contribution in [1.82, 2.24) is 4.98 Å². The lowest BCUT2D eigenvalue weighted by atomic mass is 10.2. The van der Waals surface area contributed by atoms with E-state index < -0.39 is 0 Å². The summed E-state index contributed by atoms with van der Waals surface area (Å²) in [4.78, 5) is 5.30. The van der Waals surface area contributed by atoms with Gasteiger partial charge in [-0.05, 0) is 48.6 Å². The summed E-state index contributed by atoms with van der Waals surface area (Å²) in [6, 6.07) is 12.6. The van der Waals surface area contributed by atoms with Crippen LogP contribution in [0.25, 0.3) is 0 Å². The summed E-state index contributed by atoms with van der Waals surface area (Å²) in [5, 5.41) is 3.43. The van der Waals surface area contributed by atoms with E-state index in [2.05, 4.69) is 53.0 Å². The molecule has 1 heterocycles. The highest BCUT2D eigenvalue weighted by molar-refractivity contribution is 7.98. The molecule has 2 nitrogen and oxygen atoms in total. The minimum Gasteiger partial charge on any atom is -0.385 e. The van der Waals surface area contributed by atoms with Gasteiger partial charge in [0.05, 0.1) is 0 Å². The van der Waals surface area contributed by atoms with Crippen LogP contribution in [-0.4, -0.2) is 17.8 Å². The average Bonchev–Trinajstić information content (AvgIpc) is 2.40. The van der Waals surface area contributed by atoms with Crippen LogP contribution in [0, 0.1) is 0 Å². The molecule has 0 unspecified atom stereocenters. The number of benzene rings is 1. The average molecular weight is 244 g/mol. The van der Waals surface area contributed by atoms with Crippen molar-refractivity contribution in [2.75, 3.05) is 18.1 Å². The lowest BCUT2D eigenvalue weighted by molar-refractivity contribution is 1.01. The van der Waals surface area contributed by atoms with Gasteiger partial charge in [0.25, 0.3) is 0 Å². The predicted octanol–water partition coefficient (Wildman–Crippen LogP) is 3.46. The van der Waals surface area contributed by atoms with E-state index in [0.717, 1.165) is 13.0 Å². The Labute approximate surface area is 106 Å². The summed E-state index contributed by atoms with van der Waals surface area (Å²) in [6.45, 7) is 0.946. The molecule has 0 saturated heterocycles. The first-order chi connectivity index (χ1) is 8.38. The van der Waals surface area contributed by atoms with Crippen LogP contribution in [0.5, 0.6) is 0 Å². The molecule has 2 aromatic rings. The fourth-order valence-electron chi connectivity index (χ4n) is 1.63. The third kappa shape index (κ3) is 3.79. The third-order valence-electron chi connectivity index (χ3n) is 2.56. The molecular formula is C14H16N2S. The fraction of sp³-hybridized carbons (Fsp3) is 0.214. The molecule has 17 heavy (non-hydrogen) atoms. The molecule has 1 N–H and O–H groups in total. The summed E-state index contributed by atoms with van der Waals surface area (Å²) in [5.74, 6) is 0. The van der Waals surface area contributed by atoms with Crippen LogP contribution in [-0.2, 0) is 6.42 Å². The van der Waals surface area contributed by atoms with E-state index >= 15 is 0 Å². The van der Waals surface area contributed by atoms with Crippen LogP contribution in [0.2, 0.25) is 0 Å². The van der Waals surface area contributed by atoms with Crippen LogP contribution < -0.4 is 5.32 Å². The molecular weight excluding hydrogens is 228 g/mol. The number of nitrogens with one attached hydrogen (secondary N) is 1. The van der Waals surface area contributed by atoms with Gasteiger partial charge in [0.1, 0.15) is 0 Å². The number of aromatic nitrogens is 1. The van der Waals surface area contributed by atoms with E-state index in [-0.39, 0.29) is 0 Å². The maximum Gasteiger partial charge on any atom is 0.0351 e. The van der Waals surface area contributed by atoms with Crippen LogP contribution in [0.1, 0.15) is 5.56 Å². The SMILES string of the molecule is CSc1cccc(NCCc2ccncc2)c1. The Balaban J connectivity index is 1.86. The molecule has 2 rings (SSSR count). The molecule has 0 aliphatic rings. The summed E-state index contributed by atoms with van der Waals surface area (Å²) in [5.41, 5.74) is 2.50. The zero-order chi connectivity index (χ0) is 11.9. The summed E-state index contributed by atoms with van der Waals surface area (Å²) < 4.78 is 0. The zero-order valence-corrected chi connectivity index (χ0v) is 10.7. The van der Waals surface area contributed by atoms with Crippen molar-refractivity contribution >= 4 is 17.4 Å². The van der Waals surface area contributed by atoms with Crippen molar-refractivity contribution in [3.8, 4) is 0 Å². The molecule has 0 amide bonds. The number of rotatable bonds is 5. The molecule has 0 radical (unpaired) electrons. The highest BCUT2D eigenvalue weighted by Crippen LogP contribution is 2.18. The molecule has 3 heteroatoms. The Hall–Kier alpha value is -1.48. The van der Waals surface area contributed by atoms with Gasteiger partial charge in [0.2, 0.25) is 0 Å². The number of thioether (sulfide) groups is 1. The van der Waals surface area contributed by atoms with Crippen LogP contribution in [0.3, 0.4) is 0 Å². The standard InChI is InChI=1S/C14H16N2S/c1-17-14-4-2-3-13(11-14)16-10-7-12-5-8-15-9-6-12/h2-6,8-9,11,16H,7,10H2,1H3. The Bertz CT molecular complexity index is 457. The lowest BCUT2D eigenvalue weighted by Crippen LogP contribution is -2.04. The van der Waals surface area contributed by atoms with Crippen LogP contribution in [0.15, 0.2) is 53.7 Å². The molecule has 88 valence electrons. The summed E-state index contributed by atoms with van der Waals surface area (Å²) >= 11 is 1.76. The highest BCUT2D eigenvalue weighted by Gasteiger charge is 1.95. The smallest absolute Gasteiger partial charge is 0.0351 e. The normalized spacial score (nSPS) is 10.2. The topological polar surface area (TPSA) is 24.9 Å². The van der Waals surface area contributed by atoms with Gasteiger partial charge >= 0.3 is 0 Å². The molecule has 0 atom stereocenters. The van der Waals surface area contributed by atoms with Gasteiger partial charge in [0, 0.05) is 29.5 Å². The molecule has 0 aliphatic heterocycles. The number of anilines is 1. The van der Waals surface area contributed by atoms with Crippen molar-refractivity contribution in [3.05, 3.63) is 54.4 Å². The van der Waals surface area contributed by atoms with Gasteiger partial charge in [-0.25, -0.2) is 0 Å². The number of hydrogen-bond acceptors (Lipinski definition) is 3. The minimum atomic E-state index is 0.946. The molecule has 0 fully saturated rings. The van der Waals surface area contributed by atoms with Crippen molar-refractivity contribution in [3.63, 3.8) is 0 Å². The van der Waals surface area contributed by atoms with Crippen molar-refractivity contribution in [2.45, 2.75) is 11.3 Å². The fourth-order valence-corrected chi connectivity index (χ4v) is 2.09. The molecule has 0 aliphatic carbocycles. The van der Waals surface area contributed by atoms with Gasteiger partial charge in [-0.1, -0.05) is 6.07 Å². The van der Waals surface area contributed by atoms with Gasteiger partial charge in [-0.2, -0.15) is 0 Å². The Morgan fingerprint density at radius 2 is 2.00 bits per heavy atom. The first-order valence-corrected chi connectivity index (χ1v) is 6.88. The molecule has 0 spiro atoms. The Morgan fingerprint density at radius 1 is 1.18 bits per heavy atom. The van der Waals surface area contributed by atoms with E-state index in [1.165, 1.54) is 16.1 Å². The molecule has 1 aromatic carbocycles. The van der Waals surface area contributed by atoms with Gasteiger partial charge in [-0.3, -0.25) is 4.98 Å². The molecule has 0 bridgehead atoms. The van der Waals surface area contributed by atoms with Crippen molar-refractivity contribution in [2.24, 2.45) is 0 Å². The van der Waals surface area contributed by atoms with E-state index in [0.29, 0.717) is 0 Å². The van der Waals surface area contributed by atoms with Gasteiger partial charge in [0.15, 0.2) is 0 Å². The molecule has 1 aromatic heterocycles. The second-order valence-corrected chi connectivity index (χ2v) is 4.64. The van der Waals surface area contributed by atoms with Crippen molar-refractivity contribution < 1.29 is 0 Å². The largest absolute Gasteiger partial charge is 0.385 e. The third-order valence-corrected chi connectivity index (χ3v) is 3.29. The second kappa shape index (κ2) is 6.30. The van der Waals surface area contributed by atoms with E-state index in [1.54, 1.807) is 11.8 Å². The minimum absolute atomic E-state index is 0.946. The monoisotopic (exact) mass is 244 g/mol. The maximum atomic E-state index is 4.01. The Morgan fingerprint density at radius 3 is 2.76 bits per heavy atom. The predicted molar refractivity (Wildman–Crippen MR) is 74.7 cm³/mol.